The summed E-state index contributed by atoms with van der Waals surface area (Å²) in [4.78, 5) is 18.8. The molecule has 1 fully saturated rings. The third-order valence-electron chi connectivity index (χ3n) is 4.81. The minimum absolute atomic E-state index is 0.0678. The highest BCUT2D eigenvalue weighted by Crippen LogP contribution is 2.30. The molecule has 4 rings (SSSR count). The smallest absolute Gasteiger partial charge is 0.232 e. The van der Waals surface area contributed by atoms with Crippen LogP contribution in [0, 0.1) is 6.92 Å². The molecule has 1 aliphatic heterocycles. The second kappa shape index (κ2) is 7.23. The number of ether oxygens (including phenoxy) is 1. The first-order chi connectivity index (χ1) is 13.1. The summed E-state index contributed by atoms with van der Waals surface area (Å²) < 4.78 is 10.6. The molecule has 0 saturated carbocycles. The molecule has 1 atom stereocenters. The molecule has 2 aromatic carbocycles. The summed E-state index contributed by atoms with van der Waals surface area (Å²) in [5, 5.41) is 4.08. The second-order valence-electron chi connectivity index (χ2n) is 6.85. The highest BCUT2D eigenvalue weighted by molar-refractivity contribution is 5.79. The average Bonchev–Trinajstić information content (AvgIpc) is 3.29. The fraction of sp³-hybridized carbons (Fsp3) is 0.286. The van der Waals surface area contributed by atoms with Gasteiger partial charge in [0.05, 0.1) is 13.0 Å². The first-order valence-electron chi connectivity index (χ1n) is 8.94. The SMILES string of the molecule is COc1ccc(-c2noc(C3CC(=O)N(Cc4cccc(C)c4)C3)n2)cc1. The van der Waals surface area contributed by atoms with E-state index in [1.54, 1.807) is 7.11 Å². The lowest BCUT2D eigenvalue weighted by Crippen LogP contribution is -2.24. The molecule has 0 spiro atoms. The minimum Gasteiger partial charge on any atom is -0.497 e. The van der Waals surface area contributed by atoms with Gasteiger partial charge in [-0.15, -0.1) is 0 Å². The Labute approximate surface area is 157 Å². The topological polar surface area (TPSA) is 68.5 Å². The van der Waals surface area contributed by atoms with Gasteiger partial charge in [-0.1, -0.05) is 35.0 Å². The standard InChI is InChI=1S/C21H21N3O3/c1-14-4-3-5-15(10-14)12-24-13-17(11-19(24)25)21-22-20(23-27-21)16-6-8-18(26-2)9-7-16/h3-10,17H,11-13H2,1-2H3. The molecule has 1 aromatic heterocycles. The Hall–Kier alpha value is -3.15. The molecule has 0 bridgehead atoms. The van der Waals surface area contributed by atoms with E-state index in [0.29, 0.717) is 31.2 Å². The lowest BCUT2D eigenvalue weighted by atomic mass is 10.1. The summed E-state index contributed by atoms with van der Waals surface area (Å²) in [5.74, 6) is 1.86. The van der Waals surface area contributed by atoms with Crippen molar-refractivity contribution >= 4 is 5.91 Å². The Morgan fingerprint density at radius 2 is 2.04 bits per heavy atom. The predicted molar refractivity (Wildman–Crippen MR) is 100 cm³/mol. The first kappa shape index (κ1) is 17.3. The van der Waals surface area contributed by atoms with Crippen molar-refractivity contribution < 1.29 is 14.1 Å². The van der Waals surface area contributed by atoms with E-state index in [1.165, 1.54) is 5.56 Å². The summed E-state index contributed by atoms with van der Waals surface area (Å²) in [7, 11) is 1.63. The van der Waals surface area contributed by atoms with E-state index >= 15 is 0 Å². The van der Waals surface area contributed by atoms with Gasteiger partial charge in [-0.3, -0.25) is 4.79 Å². The molecule has 6 heteroatoms. The number of benzene rings is 2. The summed E-state index contributed by atoms with van der Waals surface area (Å²) in [6.07, 6.45) is 0.399. The summed E-state index contributed by atoms with van der Waals surface area (Å²) in [6, 6.07) is 15.7. The van der Waals surface area contributed by atoms with Gasteiger partial charge in [-0.25, -0.2) is 0 Å². The van der Waals surface area contributed by atoms with Gasteiger partial charge in [0.25, 0.3) is 0 Å². The molecule has 1 unspecified atom stereocenters. The molecule has 0 aliphatic carbocycles. The molecule has 1 saturated heterocycles. The van der Waals surface area contributed by atoms with E-state index < -0.39 is 0 Å². The maximum atomic E-state index is 12.4. The van der Waals surface area contributed by atoms with E-state index in [2.05, 4.69) is 29.2 Å². The van der Waals surface area contributed by atoms with Gasteiger partial charge in [-0.05, 0) is 36.8 Å². The van der Waals surface area contributed by atoms with Crippen molar-refractivity contribution in [1.82, 2.24) is 15.0 Å². The molecule has 3 aromatic rings. The highest BCUT2D eigenvalue weighted by atomic mass is 16.5. The number of hydrogen-bond acceptors (Lipinski definition) is 5. The van der Waals surface area contributed by atoms with Crippen molar-refractivity contribution in [3.05, 3.63) is 65.5 Å². The average molecular weight is 363 g/mol. The lowest BCUT2D eigenvalue weighted by molar-refractivity contribution is -0.128. The van der Waals surface area contributed by atoms with E-state index in [4.69, 9.17) is 9.26 Å². The van der Waals surface area contributed by atoms with Gasteiger partial charge < -0.3 is 14.2 Å². The van der Waals surface area contributed by atoms with Crippen molar-refractivity contribution in [2.45, 2.75) is 25.8 Å². The van der Waals surface area contributed by atoms with Crippen LogP contribution in [0.1, 0.15) is 29.4 Å². The third kappa shape index (κ3) is 3.69. The molecule has 0 radical (unpaired) electrons. The number of nitrogens with zero attached hydrogens (tertiary/aromatic N) is 3. The molecule has 0 N–H and O–H groups in total. The number of aryl methyl sites for hydroxylation is 1. The summed E-state index contributed by atoms with van der Waals surface area (Å²) in [6.45, 7) is 3.25. The van der Waals surface area contributed by atoms with Crippen molar-refractivity contribution in [2.75, 3.05) is 13.7 Å². The molecule has 2 heterocycles. The number of rotatable bonds is 5. The Bertz CT molecular complexity index is 949. The lowest BCUT2D eigenvalue weighted by Gasteiger charge is -2.16. The number of hydrogen-bond donors (Lipinski definition) is 0. The van der Waals surface area contributed by atoms with E-state index in [-0.39, 0.29) is 11.8 Å². The van der Waals surface area contributed by atoms with Crippen LogP contribution in [-0.2, 0) is 11.3 Å². The van der Waals surface area contributed by atoms with Gasteiger partial charge in [0.1, 0.15) is 5.75 Å². The largest absolute Gasteiger partial charge is 0.497 e. The maximum Gasteiger partial charge on any atom is 0.232 e. The van der Waals surface area contributed by atoms with E-state index in [9.17, 15) is 4.79 Å². The molecular weight excluding hydrogens is 342 g/mol. The van der Waals surface area contributed by atoms with Crippen molar-refractivity contribution in [1.29, 1.82) is 0 Å². The summed E-state index contributed by atoms with van der Waals surface area (Å²) >= 11 is 0. The van der Waals surface area contributed by atoms with Crippen molar-refractivity contribution in [3.8, 4) is 17.1 Å². The quantitative estimate of drug-likeness (QED) is 0.693. The number of carbonyl (C=O) groups is 1. The van der Waals surface area contributed by atoms with Crippen LogP contribution in [0.3, 0.4) is 0 Å². The molecule has 1 aliphatic rings. The Morgan fingerprint density at radius 3 is 2.78 bits per heavy atom. The maximum absolute atomic E-state index is 12.4. The van der Waals surface area contributed by atoms with Crippen LogP contribution >= 0.6 is 0 Å². The van der Waals surface area contributed by atoms with Gasteiger partial charge >= 0.3 is 0 Å². The number of methoxy groups -OCH3 is 1. The molecule has 27 heavy (non-hydrogen) atoms. The van der Waals surface area contributed by atoms with Gasteiger partial charge in [0.2, 0.25) is 17.6 Å². The third-order valence-corrected chi connectivity index (χ3v) is 4.81. The molecule has 1 amide bonds. The number of aromatic nitrogens is 2. The zero-order valence-electron chi connectivity index (χ0n) is 15.4. The van der Waals surface area contributed by atoms with E-state index in [1.807, 2.05) is 41.3 Å². The minimum atomic E-state index is -0.0678. The Balaban J connectivity index is 1.46. The van der Waals surface area contributed by atoms with E-state index in [0.717, 1.165) is 16.9 Å². The number of likely N-dealkylation sites (tertiary alicyclic amines) is 1. The Kier molecular flexibility index (Phi) is 4.62. The normalized spacial score (nSPS) is 16.7. The summed E-state index contributed by atoms with van der Waals surface area (Å²) in [5.41, 5.74) is 3.18. The monoisotopic (exact) mass is 363 g/mol. The van der Waals surface area contributed by atoms with Crippen LogP contribution in [0.15, 0.2) is 53.1 Å². The van der Waals surface area contributed by atoms with Gasteiger partial charge in [-0.2, -0.15) is 4.98 Å². The van der Waals surface area contributed by atoms with Crippen LogP contribution in [0.2, 0.25) is 0 Å². The van der Waals surface area contributed by atoms with Crippen LogP contribution in [-0.4, -0.2) is 34.6 Å². The highest BCUT2D eigenvalue weighted by Gasteiger charge is 2.34. The predicted octanol–water partition coefficient (Wildman–Crippen LogP) is 3.57. The molecular formula is C21H21N3O3. The first-order valence-corrected chi connectivity index (χ1v) is 8.94. The zero-order chi connectivity index (χ0) is 18.8. The van der Waals surface area contributed by atoms with Crippen LogP contribution < -0.4 is 4.74 Å². The van der Waals surface area contributed by atoms with Crippen LogP contribution in [0.4, 0.5) is 0 Å². The van der Waals surface area contributed by atoms with Gasteiger partial charge in [0, 0.05) is 25.1 Å². The second-order valence-corrected chi connectivity index (χ2v) is 6.85. The fourth-order valence-corrected chi connectivity index (χ4v) is 3.38. The van der Waals surface area contributed by atoms with Gasteiger partial charge in [0.15, 0.2) is 0 Å². The Morgan fingerprint density at radius 1 is 1.22 bits per heavy atom. The van der Waals surface area contributed by atoms with Crippen LogP contribution in [0.25, 0.3) is 11.4 Å². The van der Waals surface area contributed by atoms with Crippen molar-refractivity contribution in [3.63, 3.8) is 0 Å². The number of carbonyl (C=O) groups excluding carboxylic acids is 1. The van der Waals surface area contributed by atoms with Crippen molar-refractivity contribution in [2.24, 2.45) is 0 Å². The zero-order valence-corrected chi connectivity index (χ0v) is 15.4. The molecule has 138 valence electrons. The molecule has 6 nitrogen and oxygen atoms in total. The van der Waals surface area contributed by atoms with Crippen LogP contribution in [0.5, 0.6) is 5.75 Å². The number of amides is 1. The fourth-order valence-electron chi connectivity index (χ4n) is 3.38.